The van der Waals surface area contributed by atoms with Crippen LogP contribution in [-0.4, -0.2) is 22.7 Å². The van der Waals surface area contributed by atoms with Gasteiger partial charge in [0.15, 0.2) is 0 Å². The lowest BCUT2D eigenvalue weighted by Crippen LogP contribution is -2.40. The quantitative estimate of drug-likeness (QED) is 0.675. The lowest BCUT2D eigenvalue weighted by molar-refractivity contribution is -0.137. The van der Waals surface area contributed by atoms with Gasteiger partial charge < -0.3 is 4.74 Å². The molecule has 0 unspecified atom stereocenters. The number of nitrogens with one attached hydrogen (secondary N) is 1. The van der Waals surface area contributed by atoms with E-state index in [4.69, 9.17) is 16.3 Å². The molecular weight excluding hydrogens is 387 g/mol. The van der Waals surface area contributed by atoms with Crippen molar-refractivity contribution >= 4 is 35.1 Å². The van der Waals surface area contributed by atoms with Crippen molar-refractivity contribution < 1.29 is 22.7 Å². The Labute approximate surface area is 158 Å². The van der Waals surface area contributed by atoms with E-state index >= 15 is 0 Å². The molecule has 2 aliphatic rings. The molecule has 8 heteroatoms. The predicted molar refractivity (Wildman–Crippen MR) is 97.4 cm³/mol. The lowest BCUT2D eigenvalue weighted by Gasteiger charge is -2.38. The van der Waals surface area contributed by atoms with Crippen LogP contribution in [-0.2, 0) is 10.9 Å². The van der Waals surface area contributed by atoms with Crippen LogP contribution in [0.2, 0.25) is 0 Å². The molecule has 0 saturated carbocycles. The summed E-state index contributed by atoms with van der Waals surface area (Å²) < 4.78 is 43.8. The first-order valence-electron chi connectivity index (χ1n) is 8.08. The van der Waals surface area contributed by atoms with Gasteiger partial charge in [0.05, 0.1) is 5.56 Å². The molecule has 0 bridgehead atoms. The average molecular weight is 404 g/mol. The highest BCUT2D eigenvalue weighted by molar-refractivity contribution is 8.00. The third-order valence-electron chi connectivity index (χ3n) is 4.25. The number of benzene rings is 1. The highest BCUT2D eigenvalue weighted by Crippen LogP contribution is 2.42. The third-order valence-corrected chi connectivity index (χ3v) is 5.95. The lowest BCUT2D eigenvalue weighted by atomic mass is 9.90. The number of alkyl halides is 3. The summed E-state index contributed by atoms with van der Waals surface area (Å²) in [6.45, 7) is 2.05. The maximum atomic E-state index is 12.8. The second-order valence-electron chi connectivity index (χ2n) is 6.28. The molecule has 1 aliphatic heterocycles. The Bertz CT molecular complexity index is 750. The van der Waals surface area contributed by atoms with E-state index in [2.05, 4.69) is 12.2 Å². The molecule has 26 heavy (non-hydrogen) atoms. The van der Waals surface area contributed by atoms with Gasteiger partial charge in [0, 0.05) is 27.1 Å². The zero-order chi connectivity index (χ0) is 18.9. The summed E-state index contributed by atoms with van der Waals surface area (Å²) in [5.74, 6) is -0.0547. The van der Waals surface area contributed by atoms with Crippen LogP contribution in [0.25, 0.3) is 0 Å². The number of carbonyl (C=O) groups excluding carboxylic acids is 1. The van der Waals surface area contributed by atoms with E-state index in [1.165, 1.54) is 12.1 Å². The van der Waals surface area contributed by atoms with Crippen LogP contribution in [0.5, 0.6) is 0 Å². The molecule has 1 saturated heterocycles. The van der Waals surface area contributed by atoms with Crippen molar-refractivity contribution in [1.82, 2.24) is 0 Å². The summed E-state index contributed by atoms with van der Waals surface area (Å²) in [5.41, 5.74) is -0.790. The normalized spacial score (nSPS) is 28.1. The van der Waals surface area contributed by atoms with E-state index in [-0.39, 0.29) is 28.2 Å². The number of rotatable bonds is 2. The molecule has 4 atom stereocenters. The van der Waals surface area contributed by atoms with Gasteiger partial charge in [0.1, 0.15) is 6.10 Å². The number of halogens is 4. The zero-order valence-corrected chi connectivity index (χ0v) is 15.4. The first kappa shape index (κ1) is 19.2. The topological polar surface area (TPSA) is 38.3 Å². The van der Waals surface area contributed by atoms with Crippen molar-refractivity contribution in [2.24, 2.45) is 5.92 Å². The van der Waals surface area contributed by atoms with Crippen LogP contribution >= 0.6 is 23.4 Å². The Morgan fingerprint density at radius 3 is 2.88 bits per heavy atom. The third kappa shape index (κ3) is 4.57. The summed E-state index contributed by atoms with van der Waals surface area (Å²) in [5, 5.41) is 3.42. The van der Waals surface area contributed by atoms with Gasteiger partial charge in [-0.05, 0) is 30.7 Å². The number of amides is 1. The molecule has 1 aromatic rings. The summed E-state index contributed by atoms with van der Waals surface area (Å²) in [6, 6.07) is 4.45. The average Bonchev–Trinajstić information content (AvgIpc) is 2.55. The first-order chi connectivity index (χ1) is 12.2. The van der Waals surface area contributed by atoms with E-state index in [1.807, 2.05) is 18.2 Å². The minimum absolute atomic E-state index is 0.0386. The summed E-state index contributed by atoms with van der Waals surface area (Å²) in [4.78, 5) is 12.2. The number of anilines is 1. The van der Waals surface area contributed by atoms with Crippen molar-refractivity contribution in [2.75, 3.05) is 5.32 Å². The molecular formula is C18H17ClF3NO2S. The molecule has 1 N–H and O–H groups in total. The second kappa shape index (κ2) is 7.56. The number of allylic oxidation sites excluding steroid dienone is 2. The minimum Gasteiger partial charge on any atom is -0.445 e. The molecule has 3 nitrogen and oxygen atoms in total. The monoisotopic (exact) mass is 403 g/mol. The van der Waals surface area contributed by atoms with Crippen LogP contribution in [0.3, 0.4) is 0 Å². The van der Waals surface area contributed by atoms with Crippen molar-refractivity contribution in [3.8, 4) is 0 Å². The maximum absolute atomic E-state index is 12.8. The fourth-order valence-corrected chi connectivity index (χ4v) is 4.76. The number of hydrogen-bond donors (Lipinski definition) is 1. The number of ether oxygens (including phenoxy) is 1. The van der Waals surface area contributed by atoms with Gasteiger partial charge in [0.25, 0.3) is 0 Å². The minimum atomic E-state index is -4.47. The van der Waals surface area contributed by atoms with Crippen LogP contribution < -0.4 is 5.32 Å². The van der Waals surface area contributed by atoms with Gasteiger partial charge in [-0.1, -0.05) is 36.7 Å². The fourth-order valence-electron chi connectivity index (χ4n) is 3.10. The van der Waals surface area contributed by atoms with E-state index in [9.17, 15) is 18.0 Å². The largest absolute Gasteiger partial charge is 0.445 e. The van der Waals surface area contributed by atoms with E-state index in [0.29, 0.717) is 11.5 Å². The van der Waals surface area contributed by atoms with Crippen molar-refractivity contribution in [3.63, 3.8) is 0 Å². The number of thioether (sulfide) groups is 1. The standard InChI is InChI=1S/C18H17ClF3NO2S/c1-10-7-15(14-9-12(19)5-6-16(14)26-10)25-17(24)23-13-4-2-3-11(8-13)18(20,21)22/h2-6,8-10,14-16H,7H2,1H3,(H,23,24)/t10-,14-,15+,16-/m0/s1. The van der Waals surface area contributed by atoms with Crippen LogP contribution in [0.4, 0.5) is 23.7 Å². The van der Waals surface area contributed by atoms with E-state index in [0.717, 1.165) is 12.1 Å². The highest BCUT2D eigenvalue weighted by atomic mass is 35.5. The molecule has 1 aromatic carbocycles. The Morgan fingerprint density at radius 2 is 2.15 bits per heavy atom. The van der Waals surface area contributed by atoms with Crippen molar-refractivity contribution in [3.05, 3.63) is 53.1 Å². The highest BCUT2D eigenvalue weighted by Gasteiger charge is 2.38. The molecule has 1 heterocycles. The Kier molecular flexibility index (Phi) is 5.58. The molecule has 140 valence electrons. The van der Waals surface area contributed by atoms with Gasteiger partial charge in [-0.3, -0.25) is 5.32 Å². The SMILES string of the molecule is C[C@H]1C[C@@H](OC(=O)Nc2cccc(C(F)(F)F)c2)[C@@H]2C=C(Cl)C=C[C@@H]2S1. The molecule has 1 amide bonds. The fraction of sp³-hybridized carbons (Fsp3) is 0.389. The molecule has 1 fully saturated rings. The maximum Gasteiger partial charge on any atom is 0.416 e. The molecule has 0 spiro atoms. The molecule has 0 aromatic heterocycles. The molecule has 3 rings (SSSR count). The van der Waals surface area contributed by atoms with Gasteiger partial charge in [-0.15, -0.1) is 0 Å². The number of fused-ring (bicyclic) bond motifs is 1. The van der Waals surface area contributed by atoms with Gasteiger partial charge in [-0.2, -0.15) is 24.9 Å². The van der Waals surface area contributed by atoms with Crippen LogP contribution in [0.1, 0.15) is 18.9 Å². The summed E-state index contributed by atoms with van der Waals surface area (Å²) in [7, 11) is 0. The van der Waals surface area contributed by atoms with Gasteiger partial charge in [0.2, 0.25) is 0 Å². The van der Waals surface area contributed by atoms with Crippen LogP contribution in [0, 0.1) is 5.92 Å². The predicted octanol–water partition coefficient (Wildman–Crippen LogP) is 5.83. The summed E-state index contributed by atoms with van der Waals surface area (Å²) in [6.07, 6.45) is 0.707. The van der Waals surface area contributed by atoms with Gasteiger partial charge >= 0.3 is 12.3 Å². The van der Waals surface area contributed by atoms with Crippen molar-refractivity contribution in [2.45, 2.75) is 36.1 Å². The molecule has 1 aliphatic carbocycles. The Balaban J connectivity index is 1.68. The smallest absolute Gasteiger partial charge is 0.416 e. The number of hydrogen-bond acceptors (Lipinski definition) is 3. The Hall–Kier alpha value is -1.60. The van der Waals surface area contributed by atoms with E-state index < -0.39 is 17.8 Å². The first-order valence-corrected chi connectivity index (χ1v) is 9.40. The van der Waals surface area contributed by atoms with Crippen LogP contribution in [0.15, 0.2) is 47.5 Å². The molecule has 0 radical (unpaired) electrons. The van der Waals surface area contributed by atoms with Crippen molar-refractivity contribution in [1.29, 1.82) is 0 Å². The summed E-state index contributed by atoms with van der Waals surface area (Å²) >= 11 is 7.85. The number of carbonyl (C=O) groups is 1. The Morgan fingerprint density at radius 1 is 1.38 bits per heavy atom. The second-order valence-corrected chi connectivity index (χ2v) is 8.34. The van der Waals surface area contributed by atoms with E-state index in [1.54, 1.807) is 11.8 Å². The van der Waals surface area contributed by atoms with Gasteiger partial charge in [-0.25, -0.2) is 4.79 Å². The zero-order valence-electron chi connectivity index (χ0n) is 13.8.